The molecule has 0 aliphatic heterocycles. The highest BCUT2D eigenvalue weighted by atomic mass is 16.5. The standard InChI is InChI=1S/C18H33NO2/c1-13(2)19(4-5-21-3)12-17(20)18-9-14-6-15(10-18)8-16(7-14)11-18/h13-17,20H,4-12H2,1-3H3. The molecule has 0 aromatic rings. The maximum absolute atomic E-state index is 11.1. The van der Waals surface area contributed by atoms with Gasteiger partial charge in [-0.05, 0) is 75.5 Å². The van der Waals surface area contributed by atoms with Crippen molar-refractivity contribution in [3.05, 3.63) is 0 Å². The van der Waals surface area contributed by atoms with Crippen LogP contribution in [0.2, 0.25) is 0 Å². The van der Waals surface area contributed by atoms with Crippen LogP contribution in [0, 0.1) is 23.2 Å². The summed E-state index contributed by atoms with van der Waals surface area (Å²) in [7, 11) is 1.76. The second kappa shape index (κ2) is 6.17. The predicted molar refractivity (Wildman–Crippen MR) is 85.2 cm³/mol. The Bertz CT molecular complexity index is 320. The van der Waals surface area contributed by atoms with Crippen molar-refractivity contribution in [1.82, 2.24) is 4.90 Å². The van der Waals surface area contributed by atoms with Crippen LogP contribution >= 0.6 is 0 Å². The first-order valence-electron chi connectivity index (χ1n) is 8.93. The van der Waals surface area contributed by atoms with Gasteiger partial charge in [0.1, 0.15) is 0 Å². The molecule has 4 rings (SSSR count). The van der Waals surface area contributed by atoms with Gasteiger partial charge in [-0.2, -0.15) is 0 Å². The Morgan fingerprint density at radius 2 is 1.62 bits per heavy atom. The average molecular weight is 295 g/mol. The molecule has 122 valence electrons. The van der Waals surface area contributed by atoms with E-state index in [2.05, 4.69) is 18.7 Å². The van der Waals surface area contributed by atoms with Crippen molar-refractivity contribution in [2.75, 3.05) is 26.8 Å². The van der Waals surface area contributed by atoms with Crippen molar-refractivity contribution in [1.29, 1.82) is 0 Å². The third-order valence-electron chi connectivity index (χ3n) is 6.51. The molecule has 0 saturated heterocycles. The molecule has 3 nitrogen and oxygen atoms in total. The summed E-state index contributed by atoms with van der Waals surface area (Å²) in [5.41, 5.74) is 0.245. The second-order valence-corrected chi connectivity index (χ2v) is 8.38. The molecule has 1 N–H and O–H groups in total. The first-order valence-corrected chi connectivity index (χ1v) is 8.93. The van der Waals surface area contributed by atoms with Gasteiger partial charge in [0.05, 0.1) is 12.7 Å². The van der Waals surface area contributed by atoms with Gasteiger partial charge < -0.3 is 9.84 Å². The van der Waals surface area contributed by atoms with Crippen LogP contribution < -0.4 is 0 Å². The molecule has 0 aromatic carbocycles. The van der Waals surface area contributed by atoms with Gasteiger partial charge in [-0.1, -0.05) is 0 Å². The smallest absolute Gasteiger partial charge is 0.0723 e. The van der Waals surface area contributed by atoms with Gasteiger partial charge in [0.15, 0.2) is 0 Å². The fraction of sp³-hybridized carbons (Fsp3) is 1.00. The van der Waals surface area contributed by atoms with E-state index in [0.29, 0.717) is 6.04 Å². The van der Waals surface area contributed by atoms with Gasteiger partial charge in [0.2, 0.25) is 0 Å². The molecule has 1 atom stereocenters. The van der Waals surface area contributed by atoms with Gasteiger partial charge >= 0.3 is 0 Å². The molecule has 0 radical (unpaired) electrons. The van der Waals surface area contributed by atoms with Crippen LogP contribution in [0.25, 0.3) is 0 Å². The fourth-order valence-corrected chi connectivity index (χ4v) is 5.77. The van der Waals surface area contributed by atoms with Crippen molar-refractivity contribution in [2.24, 2.45) is 23.2 Å². The summed E-state index contributed by atoms with van der Waals surface area (Å²) in [4.78, 5) is 2.40. The Kier molecular flexibility index (Phi) is 4.63. The lowest BCUT2D eigenvalue weighted by molar-refractivity contribution is -0.128. The molecule has 0 aromatic heterocycles. The van der Waals surface area contributed by atoms with E-state index in [1.54, 1.807) is 7.11 Å². The molecule has 4 saturated carbocycles. The lowest BCUT2D eigenvalue weighted by Crippen LogP contribution is -2.55. The Morgan fingerprint density at radius 1 is 1.10 bits per heavy atom. The summed E-state index contributed by atoms with van der Waals surface area (Å²) in [5.74, 6) is 2.74. The van der Waals surface area contributed by atoms with Crippen LogP contribution in [0.15, 0.2) is 0 Å². The van der Waals surface area contributed by atoms with Crippen LogP contribution in [0.1, 0.15) is 52.4 Å². The first kappa shape index (κ1) is 15.8. The van der Waals surface area contributed by atoms with E-state index in [-0.39, 0.29) is 11.5 Å². The number of hydrogen-bond acceptors (Lipinski definition) is 3. The third-order valence-corrected chi connectivity index (χ3v) is 6.51. The van der Waals surface area contributed by atoms with E-state index in [9.17, 15) is 5.11 Å². The predicted octanol–water partition coefficient (Wildman–Crippen LogP) is 2.92. The fourth-order valence-electron chi connectivity index (χ4n) is 5.77. The van der Waals surface area contributed by atoms with Crippen LogP contribution in [0.5, 0.6) is 0 Å². The monoisotopic (exact) mass is 295 g/mol. The minimum absolute atomic E-state index is 0.148. The second-order valence-electron chi connectivity index (χ2n) is 8.38. The summed E-state index contributed by atoms with van der Waals surface area (Å²) in [6.07, 6.45) is 8.06. The normalized spacial score (nSPS) is 39.4. The highest BCUT2D eigenvalue weighted by Crippen LogP contribution is 2.61. The Hall–Kier alpha value is -0.120. The van der Waals surface area contributed by atoms with Crippen LogP contribution in [0.3, 0.4) is 0 Å². The van der Waals surface area contributed by atoms with Crippen molar-refractivity contribution >= 4 is 0 Å². The average Bonchev–Trinajstić information content (AvgIpc) is 2.41. The van der Waals surface area contributed by atoms with Crippen LogP contribution in [-0.2, 0) is 4.74 Å². The lowest BCUT2D eigenvalue weighted by atomic mass is 9.48. The highest BCUT2D eigenvalue weighted by molar-refractivity contribution is 5.04. The molecule has 3 heteroatoms. The Labute approximate surface area is 130 Å². The quantitative estimate of drug-likeness (QED) is 0.784. The van der Waals surface area contributed by atoms with Gasteiger partial charge in [0, 0.05) is 26.2 Å². The maximum Gasteiger partial charge on any atom is 0.0723 e. The van der Waals surface area contributed by atoms with E-state index in [1.807, 2.05) is 0 Å². The summed E-state index contributed by atoms with van der Waals surface area (Å²) in [6.45, 7) is 6.96. The summed E-state index contributed by atoms with van der Waals surface area (Å²) < 4.78 is 5.23. The number of rotatable bonds is 7. The van der Waals surface area contributed by atoms with E-state index in [0.717, 1.165) is 37.5 Å². The number of ether oxygens (including phenoxy) is 1. The van der Waals surface area contributed by atoms with Crippen molar-refractivity contribution < 1.29 is 9.84 Å². The van der Waals surface area contributed by atoms with Crippen LogP contribution in [-0.4, -0.2) is 49.0 Å². The summed E-state index contributed by atoms with van der Waals surface area (Å²) in [5, 5.41) is 11.1. The van der Waals surface area contributed by atoms with Crippen molar-refractivity contribution in [2.45, 2.75) is 64.5 Å². The molecule has 0 spiro atoms. The topological polar surface area (TPSA) is 32.7 Å². The zero-order valence-corrected chi connectivity index (χ0v) is 14.1. The minimum atomic E-state index is -0.148. The number of hydrogen-bond donors (Lipinski definition) is 1. The summed E-state index contributed by atoms with van der Waals surface area (Å²) in [6, 6.07) is 0.476. The van der Waals surface area contributed by atoms with Gasteiger partial charge in [-0.15, -0.1) is 0 Å². The third kappa shape index (κ3) is 3.16. The summed E-state index contributed by atoms with van der Waals surface area (Å²) >= 11 is 0. The molecule has 4 aliphatic rings. The number of aliphatic hydroxyl groups is 1. The zero-order chi connectivity index (χ0) is 15.0. The largest absolute Gasteiger partial charge is 0.391 e. The molecule has 21 heavy (non-hydrogen) atoms. The highest BCUT2D eigenvalue weighted by Gasteiger charge is 2.54. The number of nitrogens with zero attached hydrogens (tertiary/aromatic N) is 1. The Balaban J connectivity index is 1.65. The Morgan fingerprint density at radius 3 is 2.05 bits per heavy atom. The van der Waals surface area contributed by atoms with E-state index < -0.39 is 0 Å². The van der Waals surface area contributed by atoms with Gasteiger partial charge in [-0.3, -0.25) is 4.90 Å². The first-order chi connectivity index (χ1) is 10.0. The number of aliphatic hydroxyl groups excluding tert-OH is 1. The molecular weight excluding hydrogens is 262 g/mol. The molecule has 4 aliphatic carbocycles. The number of methoxy groups -OCH3 is 1. The molecular formula is C18H33NO2. The lowest BCUT2D eigenvalue weighted by Gasteiger charge is -2.59. The van der Waals surface area contributed by atoms with E-state index in [4.69, 9.17) is 4.74 Å². The van der Waals surface area contributed by atoms with Crippen LogP contribution in [0.4, 0.5) is 0 Å². The van der Waals surface area contributed by atoms with E-state index >= 15 is 0 Å². The minimum Gasteiger partial charge on any atom is -0.391 e. The molecule has 1 unspecified atom stereocenters. The van der Waals surface area contributed by atoms with Gasteiger partial charge in [0.25, 0.3) is 0 Å². The zero-order valence-electron chi connectivity index (χ0n) is 14.1. The molecule has 0 amide bonds. The molecule has 4 fully saturated rings. The molecule has 4 bridgehead atoms. The SMILES string of the molecule is COCCN(CC(O)C12CC3CC(CC(C3)C1)C2)C(C)C. The van der Waals surface area contributed by atoms with Gasteiger partial charge in [-0.25, -0.2) is 0 Å². The van der Waals surface area contributed by atoms with Crippen molar-refractivity contribution in [3.63, 3.8) is 0 Å². The molecule has 0 heterocycles. The maximum atomic E-state index is 11.1. The van der Waals surface area contributed by atoms with Crippen molar-refractivity contribution in [3.8, 4) is 0 Å². The van der Waals surface area contributed by atoms with E-state index in [1.165, 1.54) is 38.5 Å².